The van der Waals surface area contributed by atoms with E-state index in [1.807, 2.05) is 0 Å². The minimum absolute atomic E-state index is 0.0555. The second-order valence-corrected chi connectivity index (χ2v) is 6.94. The number of aliphatic hydroxyl groups is 1. The van der Waals surface area contributed by atoms with Crippen molar-refractivity contribution in [2.24, 2.45) is 5.41 Å². The molecule has 0 spiro atoms. The van der Waals surface area contributed by atoms with Crippen molar-refractivity contribution >= 4 is 17.2 Å². The number of aliphatic hydroxyl groups excluding tert-OH is 1. The van der Waals surface area contributed by atoms with Gasteiger partial charge >= 0.3 is 0 Å². The SMILES string of the molecule is O=C(NCC1(CCO)CC1)C1CCCc2sccc21. The molecule has 2 aliphatic carbocycles. The van der Waals surface area contributed by atoms with Gasteiger partial charge in [0.2, 0.25) is 5.91 Å². The molecule has 3 nitrogen and oxygen atoms in total. The molecule has 0 aromatic carbocycles. The van der Waals surface area contributed by atoms with Crippen molar-refractivity contribution in [1.29, 1.82) is 0 Å². The number of fused-ring (bicyclic) bond motifs is 1. The summed E-state index contributed by atoms with van der Waals surface area (Å²) in [6, 6.07) is 2.12. The number of carbonyl (C=O) groups excluding carboxylic acids is 1. The number of hydrogen-bond acceptors (Lipinski definition) is 3. The van der Waals surface area contributed by atoms with Gasteiger partial charge in [0, 0.05) is 18.0 Å². The lowest BCUT2D eigenvalue weighted by molar-refractivity contribution is -0.123. The standard InChI is InChI=1S/C15H21NO2S/c17-8-7-15(5-6-15)10-16-14(18)12-2-1-3-13-11(12)4-9-19-13/h4,9,12,17H,1-3,5-8,10H2,(H,16,18). The van der Waals surface area contributed by atoms with E-state index in [2.05, 4.69) is 16.8 Å². The Morgan fingerprint density at radius 2 is 2.37 bits per heavy atom. The molecule has 1 amide bonds. The maximum Gasteiger partial charge on any atom is 0.227 e. The molecular formula is C15H21NO2S. The molecule has 0 radical (unpaired) electrons. The monoisotopic (exact) mass is 279 g/mol. The van der Waals surface area contributed by atoms with Gasteiger partial charge in [-0.3, -0.25) is 4.79 Å². The van der Waals surface area contributed by atoms with Gasteiger partial charge in [0.15, 0.2) is 0 Å². The molecule has 0 aliphatic heterocycles. The van der Waals surface area contributed by atoms with Crippen LogP contribution in [0.3, 0.4) is 0 Å². The van der Waals surface area contributed by atoms with E-state index in [1.54, 1.807) is 11.3 Å². The van der Waals surface area contributed by atoms with E-state index in [0.29, 0.717) is 0 Å². The molecule has 1 unspecified atom stereocenters. The van der Waals surface area contributed by atoms with E-state index in [0.717, 1.165) is 45.1 Å². The highest BCUT2D eigenvalue weighted by atomic mass is 32.1. The first kappa shape index (κ1) is 13.1. The third kappa shape index (κ3) is 2.70. The number of rotatable bonds is 5. The van der Waals surface area contributed by atoms with Gasteiger partial charge in [-0.2, -0.15) is 0 Å². The van der Waals surface area contributed by atoms with Crippen LogP contribution in [0, 0.1) is 5.41 Å². The maximum absolute atomic E-state index is 12.4. The molecule has 0 saturated heterocycles. The van der Waals surface area contributed by atoms with Crippen LogP contribution in [0.4, 0.5) is 0 Å². The maximum atomic E-state index is 12.4. The Morgan fingerprint density at radius 1 is 1.53 bits per heavy atom. The molecule has 2 aliphatic rings. The van der Waals surface area contributed by atoms with E-state index in [-0.39, 0.29) is 23.8 Å². The first-order chi connectivity index (χ1) is 9.24. The Morgan fingerprint density at radius 3 is 3.11 bits per heavy atom. The van der Waals surface area contributed by atoms with Crippen LogP contribution in [0.15, 0.2) is 11.4 Å². The predicted octanol–water partition coefficient (Wildman–Crippen LogP) is 2.45. The molecule has 2 N–H and O–H groups in total. The van der Waals surface area contributed by atoms with E-state index < -0.39 is 0 Å². The van der Waals surface area contributed by atoms with Crippen molar-refractivity contribution in [3.63, 3.8) is 0 Å². The zero-order valence-corrected chi connectivity index (χ0v) is 12.0. The number of nitrogens with one attached hydrogen (secondary N) is 1. The average Bonchev–Trinajstić information content (AvgIpc) is 3.01. The summed E-state index contributed by atoms with van der Waals surface area (Å²) in [5.74, 6) is 0.239. The van der Waals surface area contributed by atoms with Crippen LogP contribution >= 0.6 is 11.3 Å². The Labute approximate surface area is 118 Å². The predicted molar refractivity (Wildman–Crippen MR) is 76.4 cm³/mol. The summed E-state index contributed by atoms with van der Waals surface area (Å²) in [7, 11) is 0. The molecule has 1 fully saturated rings. The van der Waals surface area contributed by atoms with E-state index in [1.165, 1.54) is 10.4 Å². The number of aryl methyl sites for hydroxylation is 1. The lowest BCUT2D eigenvalue weighted by atomic mass is 9.87. The van der Waals surface area contributed by atoms with Crippen molar-refractivity contribution < 1.29 is 9.90 Å². The van der Waals surface area contributed by atoms with E-state index >= 15 is 0 Å². The van der Waals surface area contributed by atoms with Gasteiger partial charge in [-0.05, 0) is 60.9 Å². The van der Waals surface area contributed by atoms with Crippen molar-refractivity contribution in [1.82, 2.24) is 5.32 Å². The fourth-order valence-corrected chi connectivity index (χ4v) is 4.07. The lowest BCUT2D eigenvalue weighted by Gasteiger charge is -2.23. The fourth-order valence-electron chi connectivity index (χ4n) is 3.09. The number of thiophene rings is 1. The first-order valence-corrected chi connectivity index (χ1v) is 8.07. The number of amides is 1. The molecule has 1 aromatic heterocycles. The molecule has 3 rings (SSSR count). The van der Waals surface area contributed by atoms with Gasteiger partial charge in [0.05, 0.1) is 5.92 Å². The summed E-state index contributed by atoms with van der Waals surface area (Å²) in [5, 5.41) is 14.3. The van der Waals surface area contributed by atoms with Crippen LogP contribution in [0.2, 0.25) is 0 Å². The van der Waals surface area contributed by atoms with Gasteiger partial charge in [-0.1, -0.05) is 0 Å². The molecule has 1 aromatic rings. The molecule has 104 valence electrons. The van der Waals surface area contributed by atoms with Crippen LogP contribution in [-0.2, 0) is 11.2 Å². The molecule has 1 atom stereocenters. The molecule has 0 bridgehead atoms. The fraction of sp³-hybridized carbons (Fsp3) is 0.667. The largest absolute Gasteiger partial charge is 0.396 e. The smallest absolute Gasteiger partial charge is 0.227 e. The summed E-state index contributed by atoms with van der Waals surface area (Å²) in [4.78, 5) is 13.8. The molecule has 1 saturated carbocycles. The highest BCUT2D eigenvalue weighted by molar-refractivity contribution is 7.10. The minimum atomic E-state index is 0.0555. The second kappa shape index (κ2) is 5.25. The molecule has 4 heteroatoms. The second-order valence-electron chi connectivity index (χ2n) is 5.94. The van der Waals surface area contributed by atoms with Gasteiger partial charge < -0.3 is 10.4 Å². The highest BCUT2D eigenvalue weighted by Crippen LogP contribution is 2.48. The number of carbonyl (C=O) groups is 1. The molecule has 1 heterocycles. The topological polar surface area (TPSA) is 49.3 Å². The van der Waals surface area contributed by atoms with E-state index in [9.17, 15) is 4.79 Å². The third-order valence-electron chi connectivity index (χ3n) is 4.61. The molecular weight excluding hydrogens is 258 g/mol. The summed E-state index contributed by atoms with van der Waals surface area (Å²) >= 11 is 1.78. The summed E-state index contributed by atoms with van der Waals surface area (Å²) in [6.07, 6.45) is 6.33. The van der Waals surface area contributed by atoms with Crippen molar-refractivity contribution in [3.05, 3.63) is 21.9 Å². The Bertz CT molecular complexity index is 464. The third-order valence-corrected chi connectivity index (χ3v) is 5.60. The van der Waals surface area contributed by atoms with Crippen molar-refractivity contribution in [2.75, 3.05) is 13.2 Å². The van der Waals surface area contributed by atoms with Gasteiger partial charge in [0.1, 0.15) is 0 Å². The van der Waals surface area contributed by atoms with Crippen LogP contribution < -0.4 is 5.32 Å². The summed E-state index contributed by atoms with van der Waals surface area (Å²) in [5.41, 5.74) is 1.46. The summed E-state index contributed by atoms with van der Waals surface area (Å²) in [6.45, 7) is 0.969. The van der Waals surface area contributed by atoms with Gasteiger partial charge in [-0.25, -0.2) is 0 Å². The molecule has 19 heavy (non-hydrogen) atoms. The Balaban J connectivity index is 1.60. The average molecular weight is 279 g/mol. The minimum Gasteiger partial charge on any atom is -0.396 e. The van der Waals surface area contributed by atoms with Crippen LogP contribution in [0.5, 0.6) is 0 Å². The van der Waals surface area contributed by atoms with Crippen molar-refractivity contribution in [3.8, 4) is 0 Å². The number of hydrogen-bond donors (Lipinski definition) is 2. The Hall–Kier alpha value is -0.870. The van der Waals surface area contributed by atoms with Crippen LogP contribution in [-0.4, -0.2) is 24.2 Å². The van der Waals surface area contributed by atoms with Crippen LogP contribution in [0.25, 0.3) is 0 Å². The zero-order valence-electron chi connectivity index (χ0n) is 11.2. The normalized spacial score (nSPS) is 23.7. The summed E-state index contributed by atoms with van der Waals surface area (Å²) < 4.78 is 0. The van der Waals surface area contributed by atoms with Crippen molar-refractivity contribution in [2.45, 2.75) is 44.4 Å². The van der Waals surface area contributed by atoms with Gasteiger partial charge in [0.25, 0.3) is 0 Å². The van der Waals surface area contributed by atoms with Gasteiger partial charge in [-0.15, -0.1) is 11.3 Å². The zero-order chi connectivity index (χ0) is 13.3. The quantitative estimate of drug-likeness (QED) is 0.870. The van der Waals surface area contributed by atoms with Crippen LogP contribution in [0.1, 0.15) is 48.5 Å². The first-order valence-electron chi connectivity index (χ1n) is 7.19. The lowest BCUT2D eigenvalue weighted by Crippen LogP contribution is -2.35. The Kier molecular flexibility index (Phi) is 3.63. The van der Waals surface area contributed by atoms with E-state index in [4.69, 9.17) is 5.11 Å². The highest BCUT2D eigenvalue weighted by Gasteiger charge is 2.42.